The smallest absolute Gasteiger partial charge is 0.303 e. The van der Waals surface area contributed by atoms with Gasteiger partial charge in [0.25, 0.3) is 0 Å². The van der Waals surface area contributed by atoms with Crippen molar-refractivity contribution in [2.45, 2.75) is 50.1 Å². The van der Waals surface area contributed by atoms with Gasteiger partial charge in [0.1, 0.15) is 6.04 Å². The number of alkyl halides is 6. The molecule has 0 amide bonds. The molecule has 2 rings (SSSR count). The minimum Gasteiger partial charge on any atom is -0.303 e. The van der Waals surface area contributed by atoms with Crippen molar-refractivity contribution in [2.24, 2.45) is 0 Å². The minimum absolute atomic E-state index is 0.0486. The number of nitrogens with one attached hydrogen (secondary N) is 1. The Morgan fingerprint density at radius 1 is 0.952 bits per heavy atom. The maximum absolute atomic E-state index is 12.7. The molecular formula is C14H15F6N. The topological polar surface area (TPSA) is 12.0 Å². The van der Waals surface area contributed by atoms with Crippen LogP contribution in [0.1, 0.15) is 30.4 Å². The molecule has 1 aromatic rings. The maximum Gasteiger partial charge on any atom is 0.416 e. The average molecular weight is 311 g/mol. The Kier molecular flexibility index (Phi) is 4.51. The number of benzene rings is 1. The van der Waals surface area contributed by atoms with Crippen LogP contribution in [0.2, 0.25) is 0 Å². The van der Waals surface area contributed by atoms with Crippen molar-refractivity contribution in [3.8, 4) is 0 Å². The van der Waals surface area contributed by atoms with E-state index in [0.29, 0.717) is 24.8 Å². The fourth-order valence-electron chi connectivity index (χ4n) is 2.55. The summed E-state index contributed by atoms with van der Waals surface area (Å²) in [7, 11) is 0. The summed E-state index contributed by atoms with van der Waals surface area (Å²) in [6.07, 6.45) is -7.28. The van der Waals surface area contributed by atoms with Gasteiger partial charge >= 0.3 is 12.4 Å². The van der Waals surface area contributed by atoms with Crippen molar-refractivity contribution in [2.75, 3.05) is 0 Å². The van der Waals surface area contributed by atoms with Crippen LogP contribution >= 0.6 is 0 Å². The quantitative estimate of drug-likeness (QED) is 0.802. The molecule has 1 fully saturated rings. The summed E-state index contributed by atoms with van der Waals surface area (Å²) in [5, 5.41) is 2.54. The Morgan fingerprint density at radius 2 is 1.57 bits per heavy atom. The predicted molar refractivity (Wildman–Crippen MR) is 65.8 cm³/mol. The molecular weight excluding hydrogens is 296 g/mol. The Hall–Kier alpha value is -1.24. The zero-order chi connectivity index (χ0) is 15.7. The summed E-state index contributed by atoms with van der Waals surface area (Å²) in [5.74, 6) is 0. The first-order chi connectivity index (χ1) is 9.66. The largest absolute Gasteiger partial charge is 0.416 e. The van der Waals surface area contributed by atoms with Gasteiger partial charge < -0.3 is 5.32 Å². The summed E-state index contributed by atoms with van der Waals surface area (Å²) in [5.41, 5.74) is -0.153. The number of hydrogen-bond acceptors (Lipinski definition) is 1. The SMILES string of the molecule is FC(F)(F)c1ccc(CC2CCCC(C(F)(F)F)N2)cc1. The summed E-state index contributed by atoms with van der Waals surface area (Å²) in [6.45, 7) is 0. The van der Waals surface area contributed by atoms with E-state index in [1.165, 1.54) is 12.1 Å². The van der Waals surface area contributed by atoms with Crippen LogP contribution in [0, 0.1) is 0 Å². The summed E-state index contributed by atoms with van der Waals surface area (Å²) >= 11 is 0. The van der Waals surface area contributed by atoms with E-state index < -0.39 is 24.0 Å². The van der Waals surface area contributed by atoms with Gasteiger partial charge in [0.05, 0.1) is 5.56 Å². The summed E-state index contributed by atoms with van der Waals surface area (Å²) in [6, 6.07) is 2.68. The highest BCUT2D eigenvalue weighted by Gasteiger charge is 2.41. The van der Waals surface area contributed by atoms with E-state index >= 15 is 0 Å². The molecule has 1 aliphatic rings. The van der Waals surface area contributed by atoms with Crippen LogP contribution in [0.15, 0.2) is 24.3 Å². The zero-order valence-corrected chi connectivity index (χ0v) is 11.1. The van der Waals surface area contributed by atoms with Crippen LogP contribution in [-0.2, 0) is 12.6 Å². The molecule has 0 radical (unpaired) electrons. The number of rotatable bonds is 2. The standard InChI is InChI=1S/C14H15F6N/c15-13(16,17)10-6-4-9(5-7-10)8-11-2-1-3-12(21-11)14(18,19)20/h4-7,11-12,21H,1-3,8H2. The van der Waals surface area contributed by atoms with Gasteiger partial charge in [-0.05, 0) is 43.4 Å². The van der Waals surface area contributed by atoms with Crippen molar-refractivity contribution < 1.29 is 26.3 Å². The lowest BCUT2D eigenvalue weighted by Crippen LogP contribution is -2.50. The Bertz CT molecular complexity index is 462. The fourth-order valence-corrected chi connectivity index (χ4v) is 2.55. The molecule has 0 aromatic heterocycles. The van der Waals surface area contributed by atoms with Crippen LogP contribution < -0.4 is 5.32 Å². The zero-order valence-electron chi connectivity index (χ0n) is 11.1. The number of piperidine rings is 1. The molecule has 1 aliphatic heterocycles. The van der Waals surface area contributed by atoms with Crippen LogP contribution in [0.4, 0.5) is 26.3 Å². The molecule has 21 heavy (non-hydrogen) atoms. The van der Waals surface area contributed by atoms with E-state index in [1.54, 1.807) is 0 Å². The molecule has 1 N–H and O–H groups in total. The Labute approximate surface area is 118 Å². The van der Waals surface area contributed by atoms with Gasteiger partial charge in [-0.2, -0.15) is 26.3 Å². The van der Waals surface area contributed by atoms with Crippen LogP contribution in [0.3, 0.4) is 0 Å². The lowest BCUT2D eigenvalue weighted by Gasteiger charge is -2.32. The average Bonchev–Trinajstić information content (AvgIpc) is 2.37. The predicted octanol–water partition coefficient (Wildman–Crippen LogP) is 4.32. The molecule has 0 spiro atoms. The summed E-state index contributed by atoms with van der Waals surface area (Å²) in [4.78, 5) is 0. The van der Waals surface area contributed by atoms with Gasteiger partial charge in [-0.25, -0.2) is 0 Å². The van der Waals surface area contributed by atoms with Gasteiger partial charge in [-0.1, -0.05) is 12.1 Å². The lowest BCUT2D eigenvalue weighted by atomic mass is 9.93. The maximum atomic E-state index is 12.7. The van der Waals surface area contributed by atoms with Crippen molar-refractivity contribution in [3.63, 3.8) is 0 Å². The minimum atomic E-state index is -4.40. The van der Waals surface area contributed by atoms with Gasteiger partial charge in [-0.3, -0.25) is 0 Å². The van der Waals surface area contributed by atoms with Crippen LogP contribution in [-0.4, -0.2) is 18.3 Å². The third-order valence-corrected chi connectivity index (χ3v) is 3.64. The highest BCUT2D eigenvalue weighted by atomic mass is 19.4. The second kappa shape index (κ2) is 5.87. The van der Waals surface area contributed by atoms with Crippen LogP contribution in [0.5, 0.6) is 0 Å². The summed E-state index contributed by atoms with van der Waals surface area (Å²) < 4.78 is 75.2. The van der Waals surface area contributed by atoms with E-state index in [4.69, 9.17) is 0 Å². The first-order valence-corrected chi connectivity index (χ1v) is 6.65. The van der Waals surface area contributed by atoms with Gasteiger partial charge in [0, 0.05) is 6.04 Å². The van der Waals surface area contributed by atoms with E-state index in [1.807, 2.05) is 0 Å². The van der Waals surface area contributed by atoms with E-state index in [0.717, 1.165) is 12.1 Å². The first kappa shape index (κ1) is 16.1. The second-order valence-electron chi connectivity index (χ2n) is 5.29. The van der Waals surface area contributed by atoms with E-state index in [2.05, 4.69) is 5.32 Å². The molecule has 2 atom stereocenters. The molecule has 1 aromatic carbocycles. The van der Waals surface area contributed by atoms with Crippen molar-refractivity contribution in [1.29, 1.82) is 0 Å². The molecule has 118 valence electrons. The normalized spacial score (nSPS) is 24.1. The molecule has 7 heteroatoms. The van der Waals surface area contributed by atoms with Crippen molar-refractivity contribution >= 4 is 0 Å². The van der Waals surface area contributed by atoms with Crippen molar-refractivity contribution in [3.05, 3.63) is 35.4 Å². The van der Waals surface area contributed by atoms with Crippen LogP contribution in [0.25, 0.3) is 0 Å². The van der Waals surface area contributed by atoms with Gasteiger partial charge in [0.2, 0.25) is 0 Å². The molecule has 1 nitrogen and oxygen atoms in total. The Balaban J connectivity index is 1.98. The fraction of sp³-hybridized carbons (Fsp3) is 0.571. The molecule has 1 saturated heterocycles. The van der Waals surface area contributed by atoms with Gasteiger partial charge in [-0.15, -0.1) is 0 Å². The Morgan fingerprint density at radius 3 is 2.10 bits per heavy atom. The highest BCUT2D eigenvalue weighted by Crippen LogP contribution is 2.31. The van der Waals surface area contributed by atoms with Gasteiger partial charge in [0.15, 0.2) is 0 Å². The molecule has 0 bridgehead atoms. The number of hydrogen-bond donors (Lipinski definition) is 1. The second-order valence-corrected chi connectivity index (χ2v) is 5.29. The number of halogens is 6. The molecule has 1 heterocycles. The lowest BCUT2D eigenvalue weighted by molar-refractivity contribution is -0.163. The molecule has 0 aliphatic carbocycles. The molecule has 2 unspecified atom stereocenters. The van der Waals surface area contributed by atoms with E-state index in [-0.39, 0.29) is 12.5 Å². The van der Waals surface area contributed by atoms with Crippen molar-refractivity contribution in [1.82, 2.24) is 5.32 Å². The first-order valence-electron chi connectivity index (χ1n) is 6.65. The molecule has 0 saturated carbocycles. The highest BCUT2D eigenvalue weighted by molar-refractivity contribution is 5.25. The third kappa shape index (κ3) is 4.36. The third-order valence-electron chi connectivity index (χ3n) is 3.64. The monoisotopic (exact) mass is 311 g/mol. The van der Waals surface area contributed by atoms with E-state index in [9.17, 15) is 26.3 Å².